The third-order valence-electron chi connectivity index (χ3n) is 6.94. The molecule has 1 amide bonds. The van der Waals surface area contributed by atoms with E-state index in [9.17, 15) is 4.79 Å². The van der Waals surface area contributed by atoms with Crippen LogP contribution in [-0.4, -0.2) is 177 Å². The van der Waals surface area contributed by atoms with E-state index in [4.69, 9.17) is 73.2 Å². The fraction of sp³-hybridized carbons (Fsp3) is 0.816. The Bertz CT molecular complexity index is 905. The van der Waals surface area contributed by atoms with Crippen molar-refractivity contribution in [1.82, 2.24) is 0 Å². The number of carbonyl (C=O) groups excluding carboxylic acids is 1. The molecule has 0 heterocycles. The van der Waals surface area contributed by atoms with Crippen molar-refractivity contribution >= 4 is 23.2 Å². The van der Waals surface area contributed by atoms with Crippen LogP contribution in [0, 0.1) is 0 Å². The maximum Gasteiger partial charge on any atom is 0.221 e. The highest BCUT2D eigenvalue weighted by molar-refractivity contribution is 6.17. The first-order chi connectivity index (χ1) is 26.7. The minimum atomic E-state index is -0.109. The zero-order chi connectivity index (χ0) is 38.7. The van der Waals surface area contributed by atoms with Gasteiger partial charge in [-0.05, 0) is 37.1 Å². The maximum absolute atomic E-state index is 11.0. The quantitative estimate of drug-likeness (QED) is 0.0749. The molecule has 316 valence electrons. The minimum absolute atomic E-state index is 0.109. The monoisotopic (exact) mass is 797 g/mol. The lowest BCUT2D eigenvalue weighted by atomic mass is 10.2. The van der Waals surface area contributed by atoms with Crippen LogP contribution in [0.15, 0.2) is 24.3 Å². The van der Waals surface area contributed by atoms with Crippen LogP contribution in [0.4, 0.5) is 5.69 Å². The first kappa shape index (κ1) is 50.3. The van der Waals surface area contributed by atoms with E-state index in [0.29, 0.717) is 164 Å². The minimum Gasteiger partial charge on any atom is -0.491 e. The highest BCUT2D eigenvalue weighted by atomic mass is 35.5. The molecule has 0 bridgehead atoms. The molecule has 0 radical (unpaired) electrons. The van der Waals surface area contributed by atoms with Gasteiger partial charge in [-0.25, -0.2) is 0 Å². The van der Waals surface area contributed by atoms with Crippen molar-refractivity contribution < 1.29 is 66.4 Å². The molecule has 0 saturated carbocycles. The smallest absolute Gasteiger partial charge is 0.221 e. The van der Waals surface area contributed by atoms with Crippen LogP contribution in [0.2, 0.25) is 0 Å². The van der Waals surface area contributed by atoms with Gasteiger partial charge in [0.15, 0.2) is 0 Å². The molecular formula is C38H68ClNO14. The van der Waals surface area contributed by atoms with Crippen molar-refractivity contribution in [2.24, 2.45) is 0 Å². The predicted molar refractivity (Wildman–Crippen MR) is 205 cm³/mol. The number of halogens is 1. The van der Waals surface area contributed by atoms with Gasteiger partial charge < -0.3 is 66.9 Å². The van der Waals surface area contributed by atoms with Gasteiger partial charge in [-0.1, -0.05) is 12.8 Å². The Morgan fingerprint density at radius 3 is 0.981 bits per heavy atom. The van der Waals surface area contributed by atoms with Crippen molar-refractivity contribution in [2.75, 3.05) is 176 Å². The molecule has 0 aliphatic rings. The van der Waals surface area contributed by atoms with Gasteiger partial charge in [-0.2, -0.15) is 0 Å². The molecule has 0 saturated heterocycles. The number of amides is 1. The Kier molecular flexibility index (Phi) is 39.5. The first-order valence-electron chi connectivity index (χ1n) is 19.2. The van der Waals surface area contributed by atoms with Gasteiger partial charge in [0, 0.05) is 25.1 Å². The lowest BCUT2D eigenvalue weighted by molar-refractivity contribution is -0.114. The van der Waals surface area contributed by atoms with Crippen LogP contribution in [0.5, 0.6) is 5.75 Å². The summed E-state index contributed by atoms with van der Waals surface area (Å²) in [6.07, 6.45) is 4.48. The number of rotatable bonds is 44. The van der Waals surface area contributed by atoms with Gasteiger partial charge in [0.2, 0.25) is 5.91 Å². The van der Waals surface area contributed by atoms with Gasteiger partial charge in [0.1, 0.15) is 12.4 Å². The number of carbonyl (C=O) groups is 1. The molecule has 15 nitrogen and oxygen atoms in total. The summed E-state index contributed by atoms with van der Waals surface area (Å²) in [4.78, 5) is 11.0. The Hall–Kier alpha value is -1.70. The fourth-order valence-electron chi connectivity index (χ4n) is 4.23. The molecule has 0 aromatic heterocycles. The molecule has 54 heavy (non-hydrogen) atoms. The van der Waals surface area contributed by atoms with E-state index in [2.05, 4.69) is 5.32 Å². The van der Waals surface area contributed by atoms with Crippen LogP contribution < -0.4 is 10.1 Å². The van der Waals surface area contributed by atoms with Gasteiger partial charge in [0.05, 0.1) is 152 Å². The molecule has 1 rings (SSSR count). The van der Waals surface area contributed by atoms with E-state index in [1.54, 1.807) is 24.3 Å². The topological polar surface area (TPSA) is 149 Å². The largest absolute Gasteiger partial charge is 0.491 e. The van der Waals surface area contributed by atoms with Crippen LogP contribution in [0.3, 0.4) is 0 Å². The normalized spacial score (nSPS) is 11.4. The van der Waals surface area contributed by atoms with Crippen LogP contribution in [0.1, 0.15) is 32.6 Å². The summed E-state index contributed by atoms with van der Waals surface area (Å²) in [7, 11) is 0. The van der Waals surface area contributed by atoms with Crippen molar-refractivity contribution in [3.05, 3.63) is 24.3 Å². The van der Waals surface area contributed by atoms with Crippen molar-refractivity contribution in [1.29, 1.82) is 0 Å². The third kappa shape index (κ3) is 38.6. The number of ether oxygens (including phenoxy) is 13. The third-order valence-corrected chi connectivity index (χ3v) is 7.20. The summed E-state index contributed by atoms with van der Waals surface area (Å²) in [6, 6.07) is 7.18. The Labute approximate surface area is 328 Å². The number of benzene rings is 1. The van der Waals surface area contributed by atoms with Gasteiger partial charge in [-0.15, -0.1) is 11.6 Å². The molecule has 0 atom stereocenters. The van der Waals surface area contributed by atoms with E-state index in [0.717, 1.165) is 37.4 Å². The van der Waals surface area contributed by atoms with Crippen molar-refractivity contribution in [3.63, 3.8) is 0 Å². The summed E-state index contributed by atoms with van der Waals surface area (Å²) < 4.78 is 71.6. The average Bonchev–Trinajstić information content (AvgIpc) is 3.17. The van der Waals surface area contributed by atoms with Gasteiger partial charge in [0.25, 0.3) is 0 Å². The summed E-state index contributed by atoms with van der Waals surface area (Å²) in [5.41, 5.74) is 0.731. The molecule has 0 spiro atoms. The summed E-state index contributed by atoms with van der Waals surface area (Å²) in [6.45, 7) is 14.4. The zero-order valence-corrected chi connectivity index (χ0v) is 33.4. The lowest BCUT2D eigenvalue weighted by Crippen LogP contribution is -2.15. The molecular weight excluding hydrogens is 730 g/mol. The SMILES string of the molecule is CC(=O)Nc1ccc(OCCOCCOCCOCCOCCOCCOCCOCCOCCOCCOCCOCCOCCCCCCCl)cc1. The lowest BCUT2D eigenvalue weighted by Gasteiger charge is -2.09. The van der Waals surface area contributed by atoms with E-state index in [1.165, 1.54) is 13.3 Å². The molecule has 0 fully saturated rings. The zero-order valence-electron chi connectivity index (χ0n) is 32.6. The fourth-order valence-corrected chi connectivity index (χ4v) is 4.42. The summed E-state index contributed by atoms with van der Waals surface area (Å²) >= 11 is 5.66. The summed E-state index contributed by atoms with van der Waals surface area (Å²) in [5, 5.41) is 2.71. The molecule has 0 unspecified atom stereocenters. The maximum atomic E-state index is 11.0. The number of unbranched alkanes of at least 4 members (excludes halogenated alkanes) is 3. The highest BCUT2D eigenvalue weighted by Gasteiger charge is 1.99. The van der Waals surface area contributed by atoms with E-state index in [1.807, 2.05) is 0 Å². The first-order valence-corrected chi connectivity index (χ1v) is 19.7. The second kappa shape index (κ2) is 42.4. The highest BCUT2D eigenvalue weighted by Crippen LogP contribution is 2.15. The second-order valence-corrected chi connectivity index (χ2v) is 11.9. The predicted octanol–water partition coefficient (Wildman–Crippen LogP) is 4.02. The molecule has 0 aliphatic carbocycles. The molecule has 16 heteroatoms. The molecule has 1 aromatic rings. The van der Waals surface area contributed by atoms with E-state index >= 15 is 0 Å². The van der Waals surface area contributed by atoms with Gasteiger partial charge >= 0.3 is 0 Å². The Balaban J connectivity index is 1.63. The van der Waals surface area contributed by atoms with Crippen LogP contribution in [0.25, 0.3) is 0 Å². The van der Waals surface area contributed by atoms with Gasteiger partial charge in [-0.3, -0.25) is 4.79 Å². The van der Waals surface area contributed by atoms with Crippen LogP contribution >= 0.6 is 11.6 Å². The summed E-state index contributed by atoms with van der Waals surface area (Å²) in [5.74, 6) is 1.35. The number of hydrogen-bond acceptors (Lipinski definition) is 14. The average molecular weight is 798 g/mol. The number of anilines is 1. The molecule has 1 N–H and O–H groups in total. The second-order valence-electron chi connectivity index (χ2n) is 11.5. The Morgan fingerprint density at radius 1 is 0.407 bits per heavy atom. The standard InChI is InChI=1S/C38H68ClNO14/c1-36(41)40-37-6-8-38(9-7-37)54-35-34-53-33-32-52-31-30-51-29-28-50-27-26-49-25-24-48-23-22-47-21-20-46-19-18-45-17-16-44-15-14-43-13-12-42-11-5-3-2-4-10-39/h6-9H,2-5,10-35H2,1H3,(H,40,41). The number of hydrogen-bond donors (Lipinski definition) is 1. The van der Waals surface area contributed by atoms with E-state index < -0.39 is 0 Å². The van der Waals surface area contributed by atoms with Crippen molar-refractivity contribution in [3.8, 4) is 5.75 Å². The van der Waals surface area contributed by atoms with E-state index in [-0.39, 0.29) is 5.91 Å². The van der Waals surface area contributed by atoms with Crippen molar-refractivity contribution in [2.45, 2.75) is 32.6 Å². The Morgan fingerprint density at radius 2 is 0.685 bits per heavy atom. The molecule has 0 aliphatic heterocycles. The number of nitrogens with one attached hydrogen (secondary N) is 1. The van der Waals surface area contributed by atoms with Crippen LogP contribution in [-0.2, 0) is 61.6 Å². The number of alkyl halides is 1. The molecule has 1 aromatic carbocycles.